The highest BCUT2D eigenvalue weighted by Gasteiger charge is 2.52. The maximum absolute atomic E-state index is 14.5. The van der Waals surface area contributed by atoms with Crippen LogP contribution in [0.5, 0.6) is 5.75 Å². The van der Waals surface area contributed by atoms with Crippen molar-refractivity contribution in [3.05, 3.63) is 59.2 Å². The molecule has 0 amide bonds. The standard InChI is InChI=1S/C20H23BF2O4/c1-19(2)20(3,4)27-21(26-19)15-10-14(16(22)11-17(15)23)18(24)12-6-8-13(25-5)9-7-12/h6-11,18,24H,1-5H3. The van der Waals surface area contributed by atoms with E-state index in [1.165, 1.54) is 13.2 Å². The molecule has 4 nitrogen and oxygen atoms in total. The number of aliphatic hydroxyl groups is 1. The number of aliphatic hydroxyl groups excluding tert-OH is 1. The molecule has 1 heterocycles. The van der Waals surface area contributed by atoms with Crippen molar-refractivity contribution in [3.63, 3.8) is 0 Å². The van der Waals surface area contributed by atoms with Crippen LogP contribution in [0, 0.1) is 11.6 Å². The maximum Gasteiger partial charge on any atom is 0.497 e. The third kappa shape index (κ3) is 3.59. The van der Waals surface area contributed by atoms with Crippen LogP contribution in [0.25, 0.3) is 0 Å². The Morgan fingerprint density at radius 1 is 0.963 bits per heavy atom. The fourth-order valence-corrected chi connectivity index (χ4v) is 2.91. The fourth-order valence-electron chi connectivity index (χ4n) is 2.91. The van der Waals surface area contributed by atoms with Crippen molar-refractivity contribution in [2.45, 2.75) is 45.0 Å². The van der Waals surface area contributed by atoms with Gasteiger partial charge in [0.05, 0.1) is 18.3 Å². The van der Waals surface area contributed by atoms with Crippen molar-refractivity contribution < 1.29 is 27.9 Å². The quantitative estimate of drug-likeness (QED) is 0.832. The smallest absolute Gasteiger partial charge is 0.497 e. The first-order chi connectivity index (χ1) is 12.6. The van der Waals surface area contributed by atoms with Crippen LogP contribution in [0.3, 0.4) is 0 Å². The summed E-state index contributed by atoms with van der Waals surface area (Å²) in [6.07, 6.45) is -1.27. The van der Waals surface area contributed by atoms with Gasteiger partial charge in [-0.05, 0) is 45.4 Å². The lowest BCUT2D eigenvalue weighted by atomic mass is 9.77. The van der Waals surface area contributed by atoms with Crippen LogP contribution >= 0.6 is 0 Å². The Balaban J connectivity index is 1.97. The highest BCUT2D eigenvalue weighted by Crippen LogP contribution is 2.37. The van der Waals surface area contributed by atoms with Crippen LogP contribution in [0.2, 0.25) is 0 Å². The molecule has 1 atom stereocenters. The van der Waals surface area contributed by atoms with Crippen LogP contribution in [0.15, 0.2) is 36.4 Å². The molecule has 1 N–H and O–H groups in total. The van der Waals surface area contributed by atoms with Gasteiger partial charge < -0.3 is 19.2 Å². The van der Waals surface area contributed by atoms with E-state index in [1.54, 1.807) is 24.3 Å². The number of benzene rings is 2. The predicted octanol–water partition coefficient (Wildman–Crippen LogP) is 3.35. The Labute approximate surface area is 158 Å². The van der Waals surface area contributed by atoms with E-state index in [0.717, 1.165) is 6.07 Å². The van der Waals surface area contributed by atoms with Gasteiger partial charge in [-0.2, -0.15) is 0 Å². The first-order valence-electron chi connectivity index (χ1n) is 8.72. The van der Waals surface area contributed by atoms with E-state index >= 15 is 0 Å². The molecule has 27 heavy (non-hydrogen) atoms. The van der Waals surface area contributed by atoms with E-state index in [9.17, 15) is 13.9 Å². The minimum atomic E-state index is -1.27. The van der Waals surface area contributed by atoms with E-state index in [2.05, 4.69) is 0 Å². The molecule has 0 bridgehead atoms. The van der Waals surface area contributed by atoms with E-state index in [4.69, 9.17) is 14.0 Å². The van der Waals surface area contributed by atoms with Gasteiger partial charge in [0.2, 0.25) is 0 Å². The first kappa shape index (κ1) is 19.8. The van der Waals surface area contributed by atoms with E-state index < -0.39 is 36.1 Å². The zero-order valence-corrected chi connectivity index (χ0v) is 16.0. The molecule has 1 aliphatic heterocycles. The lowest BCUT2D eigenvalue weighted by Crippen LogP contribution is -2.41. The summed E-state index contributed by atoms with van der Waals surface area (Å²) in [6.45, 7) is 7.40. The normalized spacial score (nSPS) is 19.2. The number of hydrogen-bond donors (Lipinski definition) is 1. The molecule has 1 unspecified atom stereocenters. The summed E-state index contributed by atoms with van der Waals surface area (Å²) in [5.74, 6) is -1.00. The Morgan fingerprint density at radius 2 is 1.52 bits per heavy atom. The number of halogens is 2. The second kappa shape index (κ2) is 6.89. The van der Waals surface area contributed by atoms with Crippen LogP contribution < -0.4 is 10.2 Å². The fraction of sp³-hybridized carbons (Fsp3) is 0.400. The molecule has 1 fully saturated rings. The highest BCUT2D eigenvalue weighted by atomic mass is 19.1. The van der Waals surface area contributed by atoms with Crippen molar-refractivity contribution in [1.29, 1.82) is 0 Å². The molecule has 0 radical (unpaired) electrons. The van der Waals surface area contributed by atoms with Crippen LogP contribution in [-0.2, 0) is 9.31 Å². The van der Waals surface area contributed by atoms with Crippen molar-refractivity contribution in [1.82, 2.24) is 0 Å². The summed E-state index contributed by atoms with van der Waals surface area (Å²) < 4.78 is 45.6. The minimum absolute atomic E-state index is 0.0497. The van der Waals surface area contributed by atoms with E-state index in [-0.39, 0.29) is 11.0 Å². The van der Waals surface area contributed by atoms with Crippen molar-refractivity contribution in [2.75, 3.05) is 7.11 Å². The zero-order valence-electron chi connectivity index (χ0n) is 16.0. The molecular weight excluding hydrogens is 353 g/mol. The lowest BCUT2D eigenvalue weighted by Gasteiger charge is -2.32. The molecule has 7 heteroatoms. The Bertz CT molecular complexity index is 821. The van der Waals surface area contributed by atoms with Gasteiger partial charge in [-0.15, -0.1) is 0 Å². The highest BCUT2D eigenvalue weighted by molar-refractivity contribution is 6.62. The number of hydrogen-bond acceptors (Lipinski definition) is 4. The summed E-state index contributed by atoms with van der Waals surface area (Å²) in [6, 6.07) is 8.59. The van der Waals surface area contributed by atoms with Gasteiger partial charge in [0.15, 0.2) is 0 Å². The SMILES string of the molecule is COc1ccc(C(O)c2cc(B3OC(C)(C)C(C)(C)O3)c(F)cc2F)cc1. The van der Waals surface area contributed by atoms with Crippen LogP contribution in [-0.4, -0.2) is 30.5 Å². The Kier molecular flexibility index (Phi) is 5.05. The maximum atomic E-state index is 14.5. The molecule has 1 aliphatic rings. The summed E-state index contributed by atoms with van der Waals surface area (Å²) in [4.78, 5) is 0. The molecule has 0 saturated carbocycles. The van der Waals surface area contributed by atoms with Crippen molar-refractivity contribution in [2.24, 2.45) is 0 Å². The Hall–Kier alpha value is -1.96. The molecular formula is C20H23BF2O4. The van der Waals surface area contributed by atoms with Crippen LogP contribution in [0.4, 0.5) is 8.78 Å². The molecule has 0 aromatic heterocycles. The van der Waals surface area contributed by atoms with Gasteiger partial charge in [0.25, 0.3) is 0 Å². The lowest BCUT2D eigenvalue weighted by molar-refractivity contribution is 0.00578. The van der Waals surface area contributed by atoms with Crippen molar-refractivity contribution in [3.8, 4) is 5.75 Å². The first-order valence-corrected chi connectivity index (χ1v) is 8.72. The number of methoxy groups -OCH3 is 1. The van der Waals surface area contributed by atoms with Gasteiger partial charge in [-0.1, -0.05) is 18.2 Å². The predicted molar refractivity (Wildman–Crippen MR) is 99.1 cm³/mol. The van der Waals surface area contributed by atoms with Gasteiger partial charge in [-0.25, -0.2) is 8.78 Å². The summed E-state index contributed by atoms with van der Waals surface area (Å²) in [5.41, 5.74) is -0.856. The molecule has 144 valence electrons. The molecule has 0 aliphatic carbocycles. The summed E-state index contributed by atoms with van der Waals surface area (Å²) >= 11 is 0. The van der Waals surface area contributed by atoms with Crippen molar-refractivity contribution >= 4 is 12.6 Å². The largest absolute Gasteiger partial charge is 0.497 e. The average molecular weight is 376 g/mol. The van der Waals surface area contributed by atoms with Gasteiger partial charge >= 0.3 is 7.12 Å². The molecule has 0 spiro atoms. The molecule has 1 saturated heterocycles. The molecule has 3 rings (SSSR count). The summed E-state index contributed by atoms with van der Waals surface area (Å²) in [5, 5.41) is 10.6. The van der Waals surface area contributed by atoms with Gasteiger partial charge in [-0.3, -0.25) is 0 Å². The second-order valence-corrected chi connectivity index (χ2v) is 7.66. The Morgan fingerprint density at radius 3 is 2.04 bits per heavy atom. The number of rotatable bonds is 4. The van der Waals surface area contributed by atoms with Gasteiger partial charge in [0, 0.05) is 17.1 Å². The molecule has 2 aromatic rings. The van der Waals surface area contributed by atoms with E-state index in [0.29, 0.717) is 11.3 Å². The number of ether oxygens (including phenoxy) is 1. The second-order valence-electron chi connectivity index (χ2n) is 7.66. The average Bonchev–Trinajstić information content (AvgIpc) is 2.82. The third-order valence-electron chi connectivity index (χ3n) is 5.35. The van der Waals surface area contributed by atoms with Gasteiger partial charge in [0.1, 0.15) is 23.5 Å². The molecule has 2 aromatic carbocycles. The van der Waals surface area contributed by atoms with E-state index in [1.807, 2.05) is 27.7 Å². The topological polar surface area (TPSA) is 47.9 Å². The zero-order chi connectivity index (χ0) is 20.0. The monoisotopic (exact) mass is 376 g/mol. The third-order valence-corrected chi connectivity index (χ3v) is 5.35. The minimum Gasteiger partial charge on any atom is -0.497 e. The summed E-state index contributed by atoms with van der Waals surface area (Å²) in [7, 11) is 0.541. The van der Waals surface area contributed by atoms with Crippen LogP contribution in [0.1, 0.15) is 44.9 Å².